The lowest BCUT2D eigenvalue weighted by Gasteiger charge is -2.26. The normalized spacial score (nSPS) is 35.7. The van der Waals surface area contributed by atoms with Crippen LogP contribution in [0.15, 0.2) is 0 Å². The molecule has 0 aromatic carbocycles. The molecule has 1 unspecified atom stereocenters. The number of carbonyl (C=O) groups is 1. The molecule has 0 aromatic heterocycles. The van der Waals surface area contributed by atoms with Gasteiger partial charge in [-0.2, -0.15) is 0 Å². The highest BCUT2D eigenvalue weighted by molar-refractivity contribution is 7.91. The number of aliphatic carboxylic acids is 1. The SMILES string of the molecule is O=C(O)[C@@H]1CCCN1C1CCS(=O)(=O)C1. The number of hydrogen-bond donors (Lipinski definition) is 1. The first-order valence-corrected chi connectivity index (χ1v) is 7.01. The average molecular weight is 233 g/mol. The summed E-state index contributed by atoms with van der Waals surface area (Å²) in [6, 6.07) is -0.540. The van der Waals surface area contributed by atoms with Gasteiger partial charge in [0.2, 0.25) is 0 Å². The summed E-state index contributed by atoms with van der Waals surface area (Å²) >= 11 is 0. The third kappa shape index (κ3) is 2.15. The minimum atomic E-state index is -2.92. The Labute approximate surface area is 89.0 Å². The molecule has 0 aromatic rings. The van der Waals surface area contributed by atoms with E-state index in [1.165, 1.54) is 0 Å². The molecule has 6 heteroatoms. The number of likely N-dealkylation sites (tertiary alicyclic amines) is 1. The minimum Gasteiger partial charge on any atom is -0.480 e. The van der Waals surface area contributed by atoms with Gasteiger partial charge in [0.1, 0.15) is 6.04 Å². The van der Waals surface area contributed by atoms with Gasteiger partial charge in [0.25, 0.3) is 0 Å². The van der Waals surface area contributed by atoms with Crippen molar-refractivity contribution < 1.29 is 18.3 Å². The summed E-state index contributed by atoms with van der Waals surface area (Å²) in [6.07, 6.45) is 2.09. The Morgan fingerprint density at radius 1 is 1.33 bits per heavy atom. The first kappa shape index (κ1) is 10.9. The molecule has 0 aliphatic carbocycles. The predicted octanol–water partition coefficient (Wildman–Crippen LogP) is -0.277. The largest absolute Gasteiger partial charge is 0.480 e. The smallest absolute Gasteiger partial charge is 0.320 e. The number of sulfone groups is 1. The summed E-state index contributed by atoms with van der Waals surface area (Å²) in [5, 5.41) is 8.98. The Morgan fingerprint density at radius 3 is 2.60 bits per heavy atom. The van der Waals surface area contributed by atoms with Gasteiger partial charge < -0.3 is 5.11 Å². The molecule has 0 amide bonds. The van der Waals surface area contributed by atoms with Gasteiger partial charge in [0, 0.05) is 6.04 Å². The lowest BCUT2D eigenvalue weighted by Crippen LogP contribution is -2.43. The van der Waals surface area contributed by atoms with Crippen LogP contribution < -0.4 is 0 Å². The van der Waals surface area contributed by atoms with E-state index in [-0.39, 0.29) is 17.5 Å². The molecule has 2 aliphatic rings. The molecule has 2 rings (SSSR count). The fraction of sp³-hybridized carbons (Fsp3) is 0.889. The van der Waals surface area contributed by atoms with Gasteiger partial charge in [0.05, 0.1) is 11.5 Å². The zero-order valence-corrected chi connectivity index (χ0v) is 9.24. The van der Waals surface area contributed by atoms with Crippen molar-refractivity contribution in [3.05, 3.63) is 0 Å². The van der Waals surface area contributed by atoms with Gasteiger partial charge in [-0.15, -0.1) is 0 Å². The Bertz CT molecular complexity index is 364. The van der Waals surface area contributed by atoms with E-state index in [1.54, 1.807) is 0 Å². The molecule has 1 N–H and O–H groups in total. The molecule has 2 aliphatic heterocycles. The Kier molecular flexibility index (Phi) is 2.72. The van der Waals surface area contributed by atoms with Crippen molar-refractivity contribution in [3.8, 4) is 0 Å². The van der Waals surface area contributed by atoms with Crippen LogP contribution in [0.1, 0.15) is 19.3 Å². The van der Waals surface area contributed by atoms with Crippen molar-refractivity contribution in [2.45, 2.75) is 31.3 Å². The number of hydrogen-bond acceptors (Lipinski definition) is 4. The Morgan fingerprint density at radius 2 is 2.07 bits per heavy atom. The van der Waals surface area contributed by atoms with Crippen molar-refractivity contribution in [1.29, 1.82) is 0 Å². The zero-order chi connectivity index (χ0) is 11.1. The summed E-state index contributed by atoms with van der Waals surface area (Å²) in [6.45, 7) is 0.719. The maximum absolute atomic E-state index is 11.3. The van der Waals surface area contributed by atoms with E-state index in [0.717, 1.165) is 13.0 Å². The van der Waals surface area contributed by atoms with Crippen molar-refractivity contribution in [2.24, 2.45) is 0 Å². The van der Waals surface area contributed by atoms with Gasteiger partial charge in [-0.25, -0.2) is 8.42 Å². The second-order valence-electron chi connectivity index (χ2n) is 4.29. The van der Waals surface area contributed by atoms with E-state index in [9.17, 15) is 13.2 Å². The molecule has 0 bridgehead atoms. The molecule has 5 nitrogen and oxygen atoms in total. The molecule has 2 heterocycles. The van der Waals surface area contributed by atoms with Gasteiger partial charge in [-0.05, 0) is 25.8 Å². The highest BCUT2D eigenvalue weighted by Crippen LogP contribution is 2.26. The maximum atomic E-state index is 11.3. The topological polar surface area (TPSA) is 74.7 Å². The van der Waals surface area contributed by atoms with Crippen molar-refractivity contribution in [1.82, 2.24) is 4.90 Å². The summed E-state index contributed by atoms with van der Waals surface area (Å²) in [5.74, 6) is -0.478. The lowest BCUT2D eigenvalue weighted by atomic mass is 10.2. The zero-order valence-electron chi connectivity index (χ0n) is 8.42. The van der Waals surface area contributed by atoms with Gasteiger partial charge in [-0.3, -0.25) is 9.69 Å². The van der Waals surface area contributed by atoms with Crippen molar-refractivity contribution >= 4 is 15.8 Å². The van der Waals surface area contributed by atoms with Crippen molar-refractivity contribution in [3.63, 3.8) is 0 Å². The molecule has 0 saturated carbocycles. The summed E-state index contributed by atoms with van der Waals surface area (Å²) in [7, 11) is -2.92. The predicted molar refractivity (Wildman–Crippen MR) is 54.4 cm³/mol. The number of carboxylic acids is 1. The van der Waals surface area contributed by atoms with E-state index in [1.807, 2.05) is 4.90 Å². The van der Waals surface area contributed by atoms with Crippen LogP contribution in [-0.2, 0) is 14.6 Å². The fourth-order valence-corrected chi connectivity index (χ4v) is 4.27. The second kappa shape index (κ2) is 3.75. The Balaban J connectivity index is 2.08. The van der Waals surface area contributed by atoms with Crippen LogP contribution in [0.25, 0.3) is 0 Å². The highest BCUT2D eigenvalue weighted by Gasteiger charge is 2.40. The van der Waals surface area contributed by atoms with E-state index < -0.39 is 21.8 Å². The third-order valence-corrected chi connectivity index (χ3v) is 5.01. The van der Waals surface area contributed by atoms with Crippen LogP contribution in [0.4, 0.5) is 0 Å². The first-order chi connectivity index (χ1) is 6.99. The van der Waals surface area contributed by atoms with E-state index in [4.69, 9.17) is 5.11 Å². The standard InChI is InChI=1S/C9H15NO4S/c11-9(12)8-2-1-4-10(8)7-3-5-15(13,14)6-7/h7-8H,1-6H2,(H,11,12)/t7?,8-/m0/s1. The molecule has 0 radical (unpaired) electrons. The third-order valence-electron chi connectivity index (χ3n) is 3.26. The average Bonchev–Trinajstić information content (AvgIpc) is 2.69. The molecule has 15 heavy (non-hydrogen) atoms. The van der Waals surface area contributed by atoms with Crippen LogP contribution in [0.2, 0.25) is 0 Å². The fourth-order valence-electron chi connectivity index (χ4n) is 2.53. The monoisotopic (exact) mass is 233 g/mol. The molecule has 2 saturated heterocycles. The van der Waals surface area contributed by atoms with E-state index in [2.05, 4.69) is 0 Å². The van der Waals surface area contributed by atoms with Crippen molar-refractivity contribution in [2.75, 3.05) is 18.1 Å². The summed E-state index contributed by atoms with van der Waals surface area (Å²) in [4.78, 5) is 12.8. The molecule has 2 fully saturated rings. The number of carboxylic acid groups (broad SMARTS) is 1. The number of rotatable bonds is 2. The van der Waals surface area contributed by atoms with Crippen LogP contribution >= 0.6 is 0 Å². The summed E-state index contributed by atoms with van der Waals surface area (Å²) in [5.41, 5.74) is 0. The van der Waals surface area contributed by atoms with Crippen LogP contribution in [0, 0.1) is 0 Å². The van der Waals surface area contributed by atoms with Gasteiger partial charge >= 0.3 is 5.97 Å². The Hall–Kier alpha value is -0.620. The lowest BCUT2D eigenvalue weighted by molar-refractivity contribution is -0.142. The van der Waals surface area contributed by atoms with E-state index >= 15 is 0 Å². The minimum absolute atomic E-state index is 0.0707. The van der Waals surface area contributed by atoms with Crippen LogP contribution in [0.3, 0.4) is 0 Å². The van der Waals surface area contributed by atoms with E-state index in [0.29, 0.717) is 12.8 Å². The molecule has 0 spiro atoms. The summed E-state index contributed by atoms with van der Waals surface area (Å²) < 4.78 is 22.6. The first-order valence-electron chi connectivity index (χ1n) is 5.18. The molecule has 2 atom stereocenters. The highest BCUT2D eigenvalue weighted by atomic mass is 32.2. The van der Waals surface area contributed by atoms with Crippen LogP contribution in [0.5, 0.6) is 0 Å². The number of nitrogens with zero attached hydrogens (tertiary/aromatic N) is 1. The van der Waals surface area contributed by atoms with Gasteiger partial charge in [0.15, 0.2) is 9.84 Å². The molecule has 86 valence electrons. The molecular weight excluding hydrogens is 218 g/mol. The maximum Gasteiger partial charge on any atom is 0.320 e. The second-order valence-corrected chi connectivity index (χ2v) is 6.52. The molecular formula is C9H15NO4S. The van der Waals surface area contributed by atoms with Crippen LogP contribution in [-0.4, -0.2) is 54.5 Å². The quantitative estimate of drug-likeness (QED) is 0.710. The van der Waals surface area contributed by atoms with Gasteiger partial charge in [-0.1, -0.05) is 0 Å².